The topological polar surface area (TPSA) is 63.7 Å². The lowest BCUT2D eigenvalue weighted by Gasteiger charge is -2.22. The molecule has 5 nitrogen and oxygen atoms in total. The number of esters is 1. The molecule has 0 aliphatic carbocycles. The highest BCUT2D eigenvalue weighted by Crippen LogP contribution is 2.20. The second-order valence-corrected chi connectivity index (χ2v) is 6.43. The van der Waals surface area contributed by atoms with Crippen molar-refractivity contribution >= 4 is 16.0 Å². The summed E-state index contributed by atoms with van der Waals surface area (Å²) < 4.78 is 31.1. The third-order valence-electron chi connectivity index (χ3n) is 2.85. The Morgan fingerprint density at radius 3 is 2.45 bits per heavy atom. The second kappa shape index (κ2) is 7.66. The third kappa shape index (κ3) is 4.37. The van der Waals surface area contributed by atoms with E-state index in [1.807, 2.05) is 6.92 Å². The summed E-state index contributed by atoms with van der Waals surface area (Å²) in [6, 6.07) is 6.41. The molecule has 1 rings (SSSR count). The molecule has 1 aromatic rings. The second-order valence-electron chi connectivity index (χ2n) is 4.57. The number of terminal acetylenes is 1. The van der Waals surface area contributed by atoms with E-state index in [0.717, 1.165) is 15.9 Å². The number of ether oxygens (including phenoxy) is 1. The van der Waals surface area contributed by atoms with Gasteiger partial charge in [-0.2, -0.15) is 0 Å². The highest BCUT2D eigenvalue weighted by molar-refractivity contribution is 7.89. The lowest BCUT2D eigenvalue weighted by molar-refractivity contribution is -0.137. The van der Waals surface area contributed by atoms with Crippen LogP contribution in [-0.4, -0.2) is 31.8 Å². The summed E-state index contributed by atoms with van der Waals surface area (Å²) in [7, 11) is -3.83. The minimum absolute atomic E-state index is 0.116. The van der Waals surface area contributed by atoms with Gasteiger partial charge in [-0.3, -0.25) is 4.31 Å². The van der Waals surface area contributed by atoms with E-state index in [1.165, 1.54) is 19.1 Å². The van der Waals surface area contributed by atoms with Gasteiger partial charge >= 0.3 is 5.97 Å². The summed E-state index contributed by atoms with van der Waals surface area (Å²) in [6.45, 7) is 5.07. The zero-order valence-corrected chi connectivity index (χ0v) is 13.7. The molecule has 1 aromatic carbocycles. The summed E-state index contributed by atoms with van der Waals surface area (Å²) in [4.78, 5) is 11.6. The van der Waals surface area contributed by atoms with Gasteiger partial charge < -0.3 is 4.74 Å². The van der Waals surface area contributed by atoms with Crippen molar-refractivity contribution in [2.75, 3.05) is 13.2 Å². The van der Waals surface area contributed by atoms with Crippen LogP contribution in [0.15, 0.2) is 40.9 Å². The van der Waals surface area contributed by atoms with Gasteiger partial charge in [-0.1, -0.05) is 23.6 Å². The number of nitrogens with zero attached hydrogens (tertiary/aromatic N) is 1. The number of hydrogen-bond donors (Lipinski definition) is 0. The maximum atomic E-state index is 12.7. The maximum absolute atomic E-state index is 12.7. The first-order valence-corrected chi connectivity index (χ1v) is 8.14. The summed E-state index contributed by atoms with van der Waals surface area (Å²) in [5.74, 6) is 1.68. The minimum Gasteiger partial charge on any atom is -0.463 e. The van der Waals surface area contributed by atoms with Gasteiger partial charge in [-0.15, -0.1) is 6.42 Å². The van der Waals surface area contributed by atoms with Gasteiger partial charge in [0.2, 0.25) is 0 Å². The Bertz CT molecular complexity index is 697. The van der Waals surface area contributed by atoms with Gasteiger partial charge in [0.25, 0.3) is 10.0 Å². The van der Waals surface area contributed by atoms with Crippen molar-refractivity contribution in [3.05, 3.63) is 41.6 Å². The molecule has 0 aliphatic heterocycles. The number of hydrogen-bond acceptors (Lipinski definition) is 4. The van der Waals surface area contributed by atoms with E-state index in [-0.39, 0.29) is 23.7 Å². The Balaban J connectivity index is 3.21. The Hall–Kier alpha value is -2.26. The molecule has 0 saturated carbocycles. The molecule has 0 heterocycles. The fourth-order valence-electron chi connectivity index (χ4n) is 1.75. The van der Waals surface area contributed by atoms with E-state index in [1.54, 1.807) is 19.1 Å². The average molecular weight is 321 g/mol. The molecule has 0 saturated heterocycles. The summed E-state index contributed by atoms with van der Waals surface area (Å²) >= 11 is 0. The summed E-state index contributed by atoms with van der Waals surface area (Å²) in [6.07, 6.45) is 6.37. The molecule has 0 radical (unpaired) electrons. The van der Waals surface area contributed by atoms with E-state index in [4.69, 9.17) is 11.2 Å². The number of aryl methyl sites for hydroxylation is 1. The van der Waals surface area contributed by atoms with Gasteiger partial charge in [0, 0.05) is 11.8 Å². The molecule has 0 bridgehead atoms. The minimum atomic E-state index is -3.83. The van der Waals surface area contributed by atoms with Crippen LogP contribution >= 0.6 is 0 Å². The van der Waals surface area contributed by atoms with Crippen molar-refractivity contribution < 1.29 is 17.9 Å². The molecule has 0 aliphatic rings. The summed E-state index contributed by atoms with van der Waals surface area (Å²) in [5, 5.41) is 0. The normalized spacial score (nSPS) is 11.6. The number of carbonyl (C=O) groups excluding carboxylic acids is 1. The van der Waals surface area contributed by atoms with Crippen LogP contribution < -0.4 is 0 Å². The van der Waals surface area contributed by atoms with Crippen molar-refractivity contribution in [2.24, 2.45) is 0 Å². The smallest absolute Gasteiger partial charge is 0.332 e. The summed E-state index contributed by atoms with van der Waals surface area (Å²) in [5.41, 5.74) is 1.15. The molecule has 0 fully saturated rings. The zero-order valence-electron chi connectivity index (χ0n) is 12.9. The van der Waals surface area contributed by atoms with E-state index >= 15 is 0 Å². The number of benzene rings is 1. The molecule has 0 N–H and O–H groups in total. The van der Waals surface area contributed by atoms with E-state index in [9.17, 15) is 13.2 Å². The fourth-order valence-corrected chi connectivity index (χ4v) is 3.16. The first-order valence-electron chi connectivity index (χ1n) is 6.70. The average Bonchev–Trinajstić information content (AvgIpc) is 2.45. The molecule has 0 spiro atoms. The van der Waals surface area contributed by atoms with Crippen LogP contribution in [0, 0.1) is 19.3 Å². The quantitative estimate of drug-likeness (QED) is 0.457. The first-order chi connectivity index (χ1) is 10.3. The van der Waals surface area contributed by atoms with E-state index in [2.05, 4.69) is 5.92 Å². The van der Waals surface area contributed by atoms with Gasteiger partial charge in [0.1, 0.15) is 0 Å². The van der Waals surface area contributed by atoms with Crippen LogP contribution in [0.2, 0.25) is 0 Å². The third-order valence-corrected chi connectivity index (χ3v) is 4.72. The van der Waals surface area contributed by atoms with Crippen LogP contribution in [0.3, 0.4) is 0 Å². The number of allylic oxidation sites excluding steroid dienone is 1. The molecular formula is C16H19NO4S. The molecule has 0 atom stereocenters. The number of carbonyl (C=O) groups is 1. The zero-order chi connectivity index (χ0) is 16.8. The molecule has 6 heteroatoms. The molecule has 118 valence electrons. The first kappa shape index (κ1) is 17.8. The van der Waals surface area contributed by atoms with Crippen LogP contribution in [0.5, 0.6) is 0 Å². The SMILES string of the molecule is C#CCN(/C(C)=C/C(=O)OCC)S(=O)(=O)c1ccc(C)cc1. The van der Waals surface area contributed by atoms with E-state index in [0.29, 0.717) is 0 Å². The van der Waals surface area contributed by atoms with Crippen molar-refractivity contribution in [1.82, 2.24) is 4.31 Å². The Kier molecular flexibility index (Phi) is 6.20. The van der Waals surface area contributed by atoms with Crippen LogP contribution in [-0.2, 0) is 19.6 Å². The van der Waals surface area contributed by atoms with Crippen molar-refractivity contribution in [1.29, 1.82) is 0 Å². The molecular weight excluding hydrogens is 302 g/mol. The largest absolute Gasteiger partial charge is 0.463 e. The lowest BCUT2D eigenvalue weighted by Crippen LogP contribution is -2.30. The Labute approximate surface area is 131 Å². The van der Waals surface area contributed by atoms with Gasteiger partial charge in [-0.05, 0) is 32.9 Å². The lowest BCUT2D eigenvalue weighted by atomic mass is 10.2. The molecule has 22 heavy (non-hydrogen) atoms. The van der Waals surface area contributed by atoms with Crippen LogP contribution in [0.25, 0.3) is 0 Å². The van der Waals surface area contributed by atoms with Crippen molar-refractivity contribution in [3.8, 4) is 12.3 Å². The fraction of sp³-hybridized carbons (Fsp3) is 0.312. The van der Waals surface area contributed by atoms with Gasteiger partial charge in [-0.25, -0.2) is 13.2 Å². The monoisotopic (exact) mass is 321 g/mol. The van der Waals surface area contributed by atoms with Crippen LogP contribution in [0.1, 0.15) is 19.4 Å². The Morgan fingerprint density at radius 2 is 1.95 bits per heavy atom. The van der Waals surface area contributed by atoms with Crippen molar-refractivity contribution in [2.45, 2.75) is 25.7 Å². The van der Waals surface area contributed by atoms with Crippen LogP contribution in [0.4, 0.5) is 0 Å². The number of rotatable bonds is 6. The van der Waals surface area contributed by atoms with E-state index < -0.39 is 16.0 Å². The number of sulfonamides is 1. The predicted molar refractivity (Wildman–Crippen MR) is 84.3 cm³/mol. The standard InChI is InChI=1S/C16H19NO4S/c1-5-11-17(14(4)12-16(18)21-6-2)22(19,20)15-9-7-13(3)8-10-15/h1,7-10,12H,6,11H2,2-4H3/b14-12+. The predicted octanol–water partition coefficient (Wildman–Crippen LogP) is 2.09. The van der Waals surface area contributed by atoms with Gasteiger partial charge in [0.15, 0.2) is 0 Å². The molecule has 0 unspecified atom stereocenters. The van der Waals surface area contributed by atoms with Crippen molar-refractivity contribution in [3.63, 3.8) is 0 Å². The Morgan fingerprint density at radius 1 is 1.36 bits per heavy atom. The molecule has 0 amide bonds. The highest BCUT2D eigenvalue weighted by atomic mass is 32.2. The maximum Gasteiger partial charge on any atom is 0.332 e. The van der Waals surface area contributed by atoms with Gasteiger partial charge in [0.05, 0.1) is 18.0 Å². The highest BCUT2D eigenvalue weighted by Gasteiger charge is 2.24. The molecule has 0 aromatic heterocycles.